The van der Waals surface area contributed by atoms with Gasteiger partial charge in [0.1, 0.15) is 12.8 Å². The summed E-state index contributed by atoms with van der Waals surface area (Å²) in [6, 6.07) is 0. The van der Waals surface area contributed by atoms with Crippen molar-refractivity contribution in [3.05, 3.63) is 0 Å². The van der Waals surface area contributed by atoms with Gasteiger partial charge < -0.3 is 15.8 Å². The number of hydrogen-bond acceptors (Lipinski definition) is 4. The first kappa shape index (κ1) is 7.74. The van der Waals surface area contributed by atoms with Crippen LogP contribution < -0.4 is 5.73 Å². The topological polar surface area (TPSA) is 80.2 Å². The second-order valence-electron chi connectivity index (χ2n) is 1.34. The van der Waals surface area contributed by atoms with Crippen LogP contribution in [0.5, 0.6) is 0 Å². The summed E-state index contributed by atoms with van der Waals surface area (Å²) in [5.41, 5.74) is 5.44. The molecule has 9 heavy (non-hydrogen) atoms. The molecule has 0 aliphatic carbocycles. The summed E-state index contributed by atoms with van der Waals surface area (Å²) in [4.78, 5) is 4.34. The lowest BCUT2D eigenvalue weighted by Gasteiger charge is -1.93. The minimum absolute atomic E-state index is 0.0446. The van der Waals surface area contributed by atoms with Crippen molar-refractivity contribution in [3.63, 3.8) is 0 Å². The predicted octanol–water partition coefficient (Wildman–Crippen LogP) is -0.245. The molecular weight excluding hydrogens is 122 g/mol. The van der Waals surface area contributed by atoms with E-state index in [1.54, 1.807) is 6.92 Å². The lowest BCUT2D eigenvalue weighted by atomic mass is 10.4. The van der Waals surface area contributed by atoms with Gasteiger partial charge in [-0.1, -0.05) is 10.3 Å². The normalized spacial score (nSPS) is 13.6. The molecule has 0 fully saturated rings. The van der Waals surface area contributed by atoms with E-state index in [1.165, 1.54) is 7.11 Å². The Kier molecular flexibility index (Phi) is 3.19. The zero-order valence-corrected chi connectivity index (χ0v) is 5.33. The maximum absolute atomic E-state index is 8.06. The SMILES string of the molecule is CO/N=C(C)/C(N)=N/O. The van der Waals surface area contributed by atoms with Crippen molar-refractivity contribution in [2.45, 2.75) is 6.92 Å². The summed E-state index contributed by atoms with van der Waals surface area (Å²) < 4.78 is 0. The van der Waals surface area contributed by atoms with Gasteiger partial charge >= 0.3 is 0 Å². The number of oxime groups is 2. The van der Waals surface area contributed by atoms with E-state index < -0.39 is 0 Å². The van der Waals surface area contributed by atoms with Crippen LogP contribution >= 0.6 is 0 Å². The highest BCUT2D eigenvalue weighted by Gasteiger charge is 1.95. The van der Waals surface area contributed by atoms with Gasteiger partial charge in [0.2, 0.25) is 0 Å². The molecule has 0 heterocycles. The van der Waals surface area contributed by atoms with Crippen LogP contribution in [0.15, 0.2) is 10.3 Å². The van der Waals surface area contributed by atoms with Crippen molar-refractivity contribution in [1.82, 2.24) is 0 Å². The summed E-state index contributed by atoms with van der Waals surface area (Å²) in [5, 5.41) is 14.1. The molecule has 0 aromatic carbocycles. The van der Waals surface area contributed by atoms with E-state index in [4.69, 9.17) is 10.9 Å². The molecule has 5 heteroatoms. The monoisotopic (exact) mass is 131 g/mol. The van der Waals surface area contributed by atoms with Gasteiger partial charge in [-0.25, -0.2) is 0 Å². The first-order valence-corrected chi connectivity index (χ1v) is 2.28. The maximum Gasteiger partial charge on any atom is 0.187 e. The summed E-state index contributed by atoms with van der Waals surface area (Å²) >= 11 is 0. The van der Waals surface area contributed by atoms with Crippen molar-refractivity contribution in [2.24, 2.45) is 16.0 Å². The summed E-state index contributed by atoms with van der Waals surface area (Å²) in [7, 11) is 1.38. The third kappa shape index (κ3) is 2.53. The molecule has 0 rings (SSSR count). The number of amidine groups is 1. The molecule has 0 radical (unpaired) electrons. The van der Waals surface area contributed by atoms with Crippen LogP contribution in [0.4, 0.5) is 0 Å². The van der Waals surface area contributed by atoms with Crippen LogP contribution in [0, 0.1) is 0 Å². The highest BCUT2D eigenvalue weighted by Crippen LogP contribution is 1.77. The molecular formula is C4H9N3O2. The molecule has 0 aliphatic rings. The highest BCUT2D eigenvalue weighted by atomic mass is 16.6. The van der Waals surface area contributed by atoms with E-state index in [0.29, 0.717) is 5.71 Å². The molecule has 0 unspecified atom stereocenters. The maximum atomic E-state index is 8.06. The van der Waals surface area contributed by atoms with E-state index in [0.717, 1.165) is 0 Å². The minimum atomic E-state index is -0.0446. The molecule has 0 bridgehead atoms. The summed E-state index contributed by atoms with van der Waals surface area (Å²) in [6.45, 7) is 1.57. The summed E-state index contributed by atoms with van der Waals surface area (Å²) in [6.07, 6.45) is 0. The average Bonchev–Trinajstić information content (AvgIpc) is 1.87. The van der Waals surface area contributed by atoms with Gasteiger partial charge in [0.05, 0.1) is 0 Å². The third-order valence-electron chi connectivity index (χ3n) is 0.707. The Hall–Kier alpha value is -1.26. The number of hydrogen-bond donors (Lipinski definition) is 2. The Bertz CT molecular complexity index is 141. The van der Waals surface area contributed by atoms with Crippen LogP contribution in [0.2, 0.25) is 0 Å². The molecule has 3 N–H and O–H groups in total. The smallest absolute Gasteiger partial charge is 0.187 e. The van der Waals surface area contributed by atoms with Gasteiger partial charge in [0.25, 0.3) is 0 Å². The fraction of sp³-hybridized carbons (Fsp3) is 0.500. The number of nitrogens with zero attached hydrogens (tertiary/aromatic N) is 2. The number of nitrogens with two attached hydrogens (primary N) is 1. The largest absolute Gasteiger partial charge is 0.409 e. The average molecular weight is 131 g/mol. The molecule has 0 saturated heterocycles. The van der Waals surface area contributed by atoms with Crippen LogP contribution in [0.1, 0.15) is 6.92 Å². The van der Waals surface area contributed by atoms with Crippen molar-refractivity contribution in [1.29, 1.82) is 0 Å². The van der Waals surface area contributed by atoms with Gasteiger partial charge in [0.15, 0.2) is 5.84 Å². The second-order valence-corrected chi connectivity index (χ2v) is 1.34. The Morgan fingerprint density at radius 1 is 1.67 bits per heavy atom. The van der Waals surface area contributed by atoms with Crippen molar-refractivity contribution < 1.29 is 10.0 Å². The molecule has 5 nitrogen and oxygen atoms in total. The molecule has 0 amide bonds. The highest BCUT2D eigenvalue weighted by molar-refractivity contribution is 6.39. The first-order chi connectivity index (χ1) is 4.22. The number of rotatable bonds is 2. The van der Waals surface area contributed by atoms with Crippen LogP contribution in [0.3, 0.4) is 0 Å². The standard InChI is InChI=1S/C4H9N3O2/c1-3(7-9-2)4(5)6-8/h8H,1-2H3,(H2,5,6)/b7-3+. The van der Waals surface area contributed by atoms with Crippen molar-refractivity contribution in [3.8, 4) is 0 Å². The molecule has 0 spiro atoms. The Labute approximate surface area is 52.8 Å². The molecule has 0 aliphatic heterocycles. The quantitative estimate of drug-likeness (QED) is 0.235. The zero-order chi connectivity index (χ0) is 7.28. The third-order valence-corrected chi connectivity index (χ3v) is 0.707. The lowest BCUT2D eigenvalue weighted by molar-refractivity contribution is 0.214. The lowest BCUT2D eigenvalue weighted by Crippen LogP contribution is -2.21. The molecule has 0 aromatic heterocycles. The van der Waals surface area contributed by atoms with E-state index in [9.17, 15) is 0 Å². The summed E-state index contributed by atoms with van der Waals surface area (Å²) in [5.74, 6) is -0.0446. The predicted molar refractivity (Wildman–Crippen MR) is 33.5 cm³/mol. The Morgan fingerprint density at radius 3 is 2.56 bits per heavy atom. The second kappa shape index (κ2) is 3.71. The molecule has 0 saturated carbocycles. The van der Waals surface area contributed by atoms with E-state index in [2.05, 4.69) is 15.1 Å². The van der Waals surface area contributed by atoms with Gasteiger partial charge in [-0.2, -0.15) is 0 Å². The molecule has 0 atom stereocenters. The van der Waals surface area contributed by atoms with Crippen molar-refractivity contribution >= 4 is 11.5 Å². The van der Waals surface area contributed by atoms with E-state index >= 15 is 0 Å². The van der Waals surface area contributed by atoms with Gasteiger partial charge in [-0.15, -0.1) is 0 Å². The minimum Gasteiger partial charge on any atom is -0.409 e. The van der Waals surface area contributed by atoms with Gasteiger partial charge in [-0.05, 0) is 6.92 Å². The zero-order valence-electron chi connectivity index (χ0n) is 5.33. The van der Waals surface area contributed by atoms with Crippen LogP contribution in [0.25, 0.3) is 0 Å². The van der Waals surface area contributed by atoms with Crippen molar-refractivity contribution in [2.75, 3.05) is 7.11 Å². The molecule has 0 aromatic rings. The molecule has 52 valence electrons. The van der Waals surface area contributed by atoms with E-state index in [1.807, 2.05) is 0 Å². The first-order valence-electron chi connectivity index (χ1n) is 2.28. The fourth-order valence-electron chi connectivity index (χ4n) is 0.256. The van der Waals surface area contributed by atoms with Crippen LogP contribution in [-0.4, -0.2) is 23.9 Å². The van der Waals surface area contributed by atoms with Gasteiger partial charge in [-0.3, -0.25) is 0 Å². The Morgan fingerprint density at radius 2 is 2.22 bits per heavy atom. The Balaban J connectivity index is 4.03. The van der Waals surface area contributed by atoms with Crippen LogP contribution in [-0.2, 0) is 4.84 Å². The fourth-order valence-corrected chi connectivity index (χ4v) is 0.256. The van der Waals surface area contributed by atoms with E-state index in [-0.39, 0.29) is 5.84 Å². The van der Waals surface area contributed by atoms with Gasteiger partial charge in [0, 0.05) is 0 Å².